The van der Waals surface area contributed by atoms with Crippen molar-refractivity contribution in [2.24, 2.45) is 0 Å². The van der Waals surface area contributed by atoms with Crippen molar-refractivity contribution in [1.29, 1.82) is 0 Å². The van der Waals surface area contributed by atoms with Crippen molar-refractivity contribution in [2.75, 3.05) is 5.32 Å². The Balaban J connectivity index is 1.61. The number of nitrogens with one attached hydrogen (secondary N) is 2. The molecule has 1 atom stereocenters. The lowest BCUT2D eigenvalue weighted by Crippen LogP contribution is -2.30. The van der Waals surface area contributed by atoms with Gasteiger partial charge in [0.15, 0.2) is 11.3 Å². The molecule has 0 aromatic carbocycles. The predicted molar refractivity (Wildman–Crippen MR) is 94.8 cm³/mol. The van der Waals surface area contributed by atoms with Gasteiger partial charge in [0.25, 0.3) is 15.9 Å². The fraction of sp³-hybridized carbons (Fsp3) is 0.312. The van der Waals surface area contributed by atoms with E-state index in [0.29, 0.717) is 0 Å². The first kappa shape index (κ1) is 19.3. The highest BCUT2D eigenvalue weighted by atomic mass is 35.5. The quantitative estimate of drug-likeness (QED) is 0.524. The lowest BCUT2D eigenvalue weighted by atomic mass is 10.3. The molecule has 2 heterocycles. The van der Waals surface area contributed by atoms with Gasteiger partial charge in [-0.1, -0.05) is 11.6 Å². The van der Waals surface area contributed by atoms with E-state index in [9.17, 15) is 18.0 Å². The van der Waals surface area contributed by atoms with Crippen molar-refractivity contribution >= 4 is 39.2 Å². The normalized spacial score (nSPS) is 15.2. The molecule has 0 bridgehead atoms. The Hall–Kier alpha value is -2.43. The van der Waals surface area contributed by atoms with Crippen molar-refractivity contribution in [3.63, 3.8) is 0 Å². The second-order valence-corrected chi connectivity index (χ2v) is 7.90. The molecular weight excluding hydrogens is 398 g/mol. The first-order valence-electron chi connectivity index (χ1n) is 8.01. The Morgan fingerprint density at radius 1 is 1.33 bits per heavy atom. The van der Waals surface area contributed by atoms with Gasteiger partial charge in [-0.25, -0.2) is 22.9 Å². The zero-order chi connectivity index (χ0) is 19.6. The average Bonchev–Trinajstić information content (AvgIpc) is 3.25. The van der Waals surface area contributed by atoms with Gasteiger partial charge in [0.1, 0.15) is 0 Å². The Bertz CT molecular complexity index is 970. The van der Waals surface area contributed by atoms with Crippen LogP contribution in [0.3, 0.4) is 0 Å². The molecule has 11 heteroatoms. The van der Waals surface area contributed by atoms with E-state index in [1.54, 1.807) is 6.07 Å². The number of rotatable bonds is 7. The number of hydrogen-bond donors (Lipinski definition) is 2. The smallest absolute Gasteiger partial charge is 0.375 e. The van der Waals surface area contributed by atoms with E-state index in [1.165, 1.54) is 25.3 Å². The maximum absolute atomic E-state index is 12.1. The van der Waals surface area contributed by atoms with Crippen LogP contribution in [0.25, 0.3) is 0 Å². The molecule has 27 heavy (non-hydrogen) atoms. The molecule has 1 unspecified atom stereocenters. The summed E-state index contributed by atoms with van der Waals surface area (Å²) in [5.41, 5.74) is 0.268. The van der Waals surface area contributed by atoms with Crippen molar-refractivity contribution < 1.29 is 27.2 Å². The third-order valence-electron chi connectivity index (χ3n) is 3.62. The van der Waals surface area contributed by atoms with Crippen LogP contribution in [0.2, 0.25) is 5.15 Å². The Kier molecular flexibility index (Phi) is 5.49. The van der Waals surface area contributed by atoms with Gasteiger partial charge >= 0.3 is 5.97 Å². The molecule has 1 aliphatic carbocycles. The molecule has 0 saturated heterocycles. The maximum atomic E-state index is 12.1. The summed E-state index contributed by atoms with van der Waals surface area (Å²) < 4.78 is 36.6. The molecule has 1 amide bonds. The molecule has 0 aliphatic heterocycles. The fourth-order valence-corrected chi connectivity index (χ4v) is 3.44. The van der Waals surface area contributed by atoms with Crippen LogP contribution in [-0.2, 0) is 19.6 Å². The summed E-state index contributed by atoms with van der Waals surface area (Å²) in [5, 5.41) is 2.18. The van der Waals surface area contributed by atoms with E-state index in [4.69, 9.17) is 20.8 Å². The van der Waals surface area contributed by atoms with Gasteiger partial charge in [0.2, 0.25) is 10.9 Å². The number of amides is 1. The molecule has 1 fully saturated rings. The van der Waals surface area contributed by atoms with Crippen LogP contribution in [0.15, 0.2) is 40.0 Å². The molecule has 144 valence electrons. The molecule has 2 N–H and O–H groups in total. The van der Waals surface area contributed by atoms with Gasteiger partial charge in [-0.2, -0.15) is 0 Å². The number of pyridine rings is 1. The summed E-state index contributed by atoms with van der Waals surface area (Å²) in [4.78, 5) is 28.0. The van der Waals surface area contributed by atoms with Gasteiger partial charge in [-0.3, -0.25) is 4.79 Å². The molecule has 0 spiro atoms. The highest BCUT2D eigenvalue weighted by Gasteiger charge is 2.31. The molecule has 2 aromatic rings. The van der Waals surface area contributed by atoms with Crippen LogP contribution in [0.4, 0.5) is 5.69 Å². The Labute approximate surface area is 160 Å². The van der Waals surface area contributed by atoms with E-state index >= 15 is 0 Å². The zero-order valence-electron chi connectivity index (χ0n) is 14.1. The number of carbonyl (C=O) groups excluding carboxylic acids is 2. The number of hydrogen-bond acceptors (Lipinski definition) is 7. The molecule has 9 nitrogen and oxygen atoms in total. The monoisotopic (exact) mass is 413 g/mol. The van der Waals surface area contributed by atoms with E-state index in [2.05, 4.69) is 15.0 Å². The summed E-state index contributed by atoms with van der Waals surface area (Å²) in [6, 6.07) is 5.35. The van der Waals surface area contributed by atoms with Crippen LogP contribution >= 0.6 is 11.6 Å². The minimum absolute atomic E-state index is 0.0911. The number of ether oxygens (including phenoxy) is 1. The molecule has 3 rings (SSSR count). The molecular formula is C16H16ClN3O6S. The second kappa shape index (κ2) is 7.67. The second-order valence-electron chi connectivity index (χ2n) is 5.89. The molecule has 1 aliphatic rings. The van der Waals surface area contributed by atoms with Crippen LogP contribution < -0.4 is 10.0 Å². The number of anilines is 1. The van der Waals surface area contributed by atoms with Crippen LogP contribution in [0.5, 0.6) is 0 Å². The van der Waals surface area contributed by atoms with E-state index in [0.717, 1.165) is 18.9 Å². The highest BCUT2D eigenvalue weighted by Crippen LogP contribution is 2.23. The Morgan fingerprint density at radius 2 is 2.07 bits per heavy atom. The van der Waals surface area contributed by atoms with E-state index in [-0.39, 0.29) is 27.7 Å². The first-order chi connectivity index (χ1) is 12.8. The summed E-state index contributed by atoms with van der Waals surface area (Å²) >= 11 is 5.85. The van der Waals surface area contributed by atoms with Gasteiger partial charge < -0.3 is 14.5 Å². The van der Waals surface area contributed by atoms with E-state index < -0.39 is 28.0 Å². The van der Waals surface area contributed by atoms with E-state index in [1.807, 2.05) is 0 Å². The summed E-state index contributed by atoms with van der Waals surface area (Å²) in [5.74, 6) is -1.93. The summed E-state index contributed by atoms with van der Waals surface area (Å²) in [7, 11) is -3.83. The molecule has 0 radical (unpaired) electrons. The number of sulfonamides is 1. The number of furan rings is 1. The summed E-state index contributed by atoms with van der Waals surface area (Å²) in [6.07, 6.45) is 1.82. The minimum Gasteiger partial charge on any atom is -0.447 e. The van der Waals surface area contributed by atoms with Gasteiger partial charge in [0, 0.05) is 12.2 Å². The van der Waals surface area contributed by atoms with Gasteiger partial charge in [-0.15, -0.1) is 0 Å². The molecule has 1 saturated carbocycles. The first-order valence-corrected chi connectivity index (χ1v) is 9.87. The van der Waals surface area contributed by atoms with Crippen LogP contribution in [0, 0.1) is 0 Å². The van der Waals surface area contributed by atoms with Crippen molar-refractivity contribution in [3.05, 3.63) is 41.4 Å². The number of aromatic nitrogens is 1. The number of carbonyl (C=O) groups is 2. The minimum atomic E-state index is -3.83. The van der Waals surface area contributed by atoms with Gasteiger partial charge in [0.05, 0.1) is 5.69 Å². The fourth-order valence-electron chi connectivity index (χ4n) is 2.04. The predicted octanol–water partition coefficient (Wildman–Crippen LogP) is 1.95. The van der Waals surface area contributed by atoms with Crippen molar-refractivity contribution in [2.45, 2.75) is 37.0 Å². The summed E-state index contributed by atoms with van der Waals surface area (Å²) in [6.45, 7) is 1.35. The lowest BCUT2D eigenvalue weighted by molar-refractivity contribution is -0.123. The molecule has 2 aromatic heterocycles. The number of esters is 1. The largest absolute Gasteiger partial charge is 0.447 e. The highest BCUT2D eigenvalue weighted by molar-refractivity contribution is 7.89. The van der Waals surface area contributed by atoms with Gasteiger partial charge in [-0.05, 0) is 44.0 Å². The topological polar surface area (TPSA) is 128 Å². The number of halogens is 1. The third kappa shape index (κ3) is 4.85. The maximum Gasteiger partial charge on any atom is 0.375 e. The Morgan fingerprint density at radius 3 is 2.74 bits per heavy atom. The lowest BCUT2D eigenvalue weighted by Gasteiger charge is -2.13. The van der Waals surface area contributed by atoms with Crippen molar-refractivity contribution in [1.82, 2.24) is 9.71 Å². The standard InChI is InChI=1S/C16H16ClN3O6S/c1-9(15(21)19-11-3-2-8-18-14(11)17)25-16(22)12-6-7-13(26-12)27(23,24)20-10-4-5-10/h2-3,6-10,20H,4-5H2,1H3,(H,19,21). The number of nitrogens with zero attached hydrogens (tertiary/aromatic N) is 1. The SMILES string of the molecule is CC(OC(=O)c1ccc(S(=O)(=O)NC2CC2)o1)C(=O)Nc1cccnc1Cl. The van der Waals surface area contributed by atoms with Crippen molar-refractivity contribution in [3.8, 4) is 0 Å². The van der Waals surface area contributed by atoms with Crippen LogP contribution in [-0.4, -0.2) is 37.4 Å². The average molecular weight is 414 g/mol. The zero-order valence-corrected chi connectivity index (χ0v) is 15.7. The third-order valence-corrected chi connectivity index (χ3v) is 5.31. The van der Waals surface area contributed by atoms with Crippen LogP contribution in [0.1, 0.15) is 30.3 Å².